The van der Waals surface area contributed by atoms with E-state index in [0.717, 1.165) is 23.3 Å². The first-order chi connectivity index (χ1) is 15.8. The highest BCUT2D eigenvalue weighted by molar-refractivity contribution is 5.96. The predicted octanol–water partition coefficient (Wildman–Crippen LogP) is 4.54. The number of nitrogens with zero attached hydrogens (tertiary/aromatic N) is 1. The standard InChI is InChI=1S/C26H23F3N2O2/c27-26(28,29)22-13-7-8-19(16-22)17-30-23(32)18-31-15-14-25(24(31)33,20-9-3-1-4-10-20)21-11-5-2-6-12-21/h1-13,16H,14-15,17-18H2,(H,30,32). The Morgan fingerprint density at radius 1 is 0.909 bits per heavy atom. The Labute approximate surface area is 190 Å². The molecule has 0 aromatic heterocycles. The van der Waals surface area contributed by atoms with Crippen LogP contribution in [0.3, 0.4) is 0 Å². The first-order valence-corrected chi connectivity index (χ1v) is 10.6. The van der Waals surface area contributed by atoms with Crippen LogP contribution in [0.2, 0.25) is 0 Å². The molecule has 170 valence electrons. The quantitative estimate of drug-likeness (QED) is 0.597. The molecule has 4 nitrogen and oxygen atoms in total. The monoisotopic (exact) mass is 452 g/mol. The second-order valence-electron chi connectivity index (χ2n) is 8.09. The Morgan fingerprint density at radius 3 is 2.09 bits per heavy atom. The maximum Gasteiger partial charge on any atom is 0.416 e. The molecule has 3 aromatic rings. The third kappa shape index (κ3) is 4.62. The molecule has 1 saturated heterocycles. The number of rotatable bonds is 6. The van der Waals surface area contributed by atoms with Crippen molar-refractivity contribution in [3.63, 3.8) is 0 Å². The molecule has 1 fully saturated rings. The first-order valence-electron chi connectivity index (χ1n) is 10.6. The summed E-state index contributed by atoms with van der Waals surface area (Å²) in [6.07, 6.45) is -3.92. The van der Waals surface area contributed by atoms with Crippen LogP contribution in [-0.4, -0.2) is 29.8 Å². The number of hydrogen-bond donors (Lipinski definition) is 1. The number of amides is 2. The number of likely N-dealkylation sites (tertiary alicyclic amines) is 1. The van der Waals surface area contributed by atoms with E-state index in [1.165, 1.54) is 17.0 Å². The summed E-state index contributed by atoms with van der Waals surface area (Å²) < 4.78 is 38.7. The van der Waals surface area contributed by atoms with Gasteiger partial charge in [0, 0.05) is 13.1 Å². The van der Waals surface area contributed by atoms with Gasteiger partial charge in [-0.1, -0.05) is 72.8 Å². The van der Waals surface area contributed by atoms with E-state index in [2.05, 4.69) is 5.32 Å². The predicted molar refractivity (Wildman–Crippen MR) is 118 cm³/mol. The molecule has 0 saturated carbocycles. The van der Waals surface area contributed by atoms with Crippen LogP contribution in [0.5, 0.6) is 0 Å². The molecule has 0 bridgehead atoms. The van der Waals surface area contributed by atoms with E-state index in [4.69, 9.17) is 0 Å². The number of benzene rings is 3. The van der Waals surface area contributed by atoms with E-state index < -0.39 is 23.1 Å². The zero-order chi connectivity index (χ0) is 23.5. The van der Waals surface area contributed by atoms with Crippen molar-refractivity contribution >= 4 is 11.8 Å². The molecule has 33 heavy (non-hydrogen) atoms. The topological polar surface area (TPSA) is 49.4 Å². The van der Waals surface area contributed by atoms with Gasteiger partial charge in [0.15, 0.2) is 0 Å². The third-order valence-corrected chi connectivity index (χ3v) is 6.02. The number of alkyl halides is 3. The SMILES string of the molecule is O=C(CN1CCC(c2ccccc2)(c2ccccc2)C1=O)NCc1cccc(C(F)(F)F)c1. The van der Waals surface area contributed by atoms with Gasteiger partial charge in [-0.05, 0) is 35.2 Å². The summed E-state index contributed by atoms with van der Waals surface area (Å²) in [4.78, 5) is 27.7. The van der Waals surface area contributed by atoms with Gasteiger partial charge in [-0.25, -0.2) is 0 Å². The van der Waals surface area contributed by atoms with E-state index in [1.54, 1.807) is 0 Å². The van der Waals surface area contributed by atoms with Gasteiger partial charge in [0.25, 0.3) is 0 Å². The minimum atomic E-state index is -4.44. The zero-order valence-electron chi connectivity index (χ0n) is 17.8. The average Bonchev–Trinajstić information content (AvgIpc) is 3.15. The molecule has 0 unspecified atom stereocenters. The molecule has 2 amide bonds. The normalized spacial score (nSPS) is 15.5. The fourth-order valence-corrected chi connectivity index (χ4v) is 4.37. The summed E-state index contributed by atoms with van der Waals surface area (Å²) in [5, 5.41) is 2.63. The van der Waals surface area contributed by atoms with Crippen LogP contribution in [0.1, 0.15) is 28.7 Å². The summed E-state index contributed by atoms with van der Waals surface area (Å²) in [7, 11) is 0. The smallest absolute Gasteiger partial charge is 0.350 e. The van der Waals surface area contributed by atoms with Gasteiger partial charge in [0.05, 0.1) is 12.1 Å². The highest BCUT2D eigenvalue weighted by Crippen LogP contribution is 2.41. The number of hydrogen-bond acceptors (Lipinski definition) is 2. The molecule has 1 N–H and O–H groups in total. The van der Waals surface area contributed by atoms with Gasteiger partial charge < -0.3 is 10.2 Å². The fourth-order valence-electron chi connectivity index (χ4n) is 4.37. The largest absolute Gasteiger partial charge is 0.416 e. The van der Waals surface area contributed by atoms with Crippen LogP contribution in [0.15, 0.2) is 84.9 Å². The van der Waals surface area contributed by atoms with Gasteiger partial charge in [-0.2, -0.15) is 13.2 Å². The van der Waals surface area contributed by atoms with Gasteiger partial charge in [-0.15, -0.1) is 0 Å². The van der Waals surface area contributed by atoms with Gasteiger partial charge in [0.2, 0.25) is 11.8 Å². The minimum absolute atomic E-state index is 0.0483. The van der Waals surface area contributed by atoms with Gasteiger partial charge in [0.1, 0.15) is 5.41 Å². The summed E-state index contributed by atoms with van der Waals surface area (Å²) in [5.41, 5.74) is 0.443. The van der Waals surface area contributed by atoms with Crippen molar-refractivity contribution in [2.24, 2.45) is 0 Å². The Kier molecular flexibility index (Phi) is 6.22. The maximum atomic E-state index is 13.6. The number of nitrogens with one attached hydrogen (secondary N) is 1. The van der Waals surface area contributed by atoms with Crippen molar-refractivity contribution < 1.29 is 22.8 Å². The number of halogens is 3. The van der Waals surface area contributed by atoms with Crippen molar-refractivity contribution in [1.29, 1.82) is 0 Å². The second kappa shape index (κ2) is 9.10. The number of carbonyl (C=O) groups is 2. The van der Waals surface area contributed by atoms with Crippen LogP contribution < -0.4 is 5.32 Å². The molecular weight excluding hydrogens is 429 g/mol. The lowest BCUT2D eigenvalue weighted by atomic mass is 9.73. The Morgan fingerprint density at radius 2 is 1.52 bits per heavy atom. The van der Waals surface area contributed by atoms with E-state index in [-0.39, 0.29) is 19.0 Å². The van der Waals surface area contributed by atoms with Crippen LogP contribution in [0, 0.1) is 0 Å². The molecule has 1 aliphatic rings. The van der Waals surface area contributed by atoms with Gasteiger partial charge >= 0.3 is 6.18 Å². The lowest BCUT2D eigenvalue weighted by Crippen LogP contribution is -2.43. The summed E-state index contributed by atoms with van der Waals surface area (Å²) in [5.74, 6) is -0.577. The molecule has 3 aromatic carbocycles. The minimum Gasteiger partial charge on any atom is -0.350 e. The van der Waals surface area contributed by atoms with Crippen molar-refractivity contribution in [2.75, 3.05) is 13.1 Å². The molecular formula is C26H23F3N2O2. The zero-order valence-corrected chi connectivity index (χ0v) is 17.8. The molecule has 0 atom stereocenters. The average molecular weight is 452 g/mol. The van der Waals surface area contributed by atoms with Crippen molar-refractivity contribution in [1.82, 2.24) is 10.2 Å². The highest BCUT2D eigenvalue weighted by atomic mass is 19.4. The first kappa shape index (κ1) is 22.6. The molecule has 0 aliphatic carbocycles. The maximum absolute atomic E-state index is 13.6. The van der Waals surface area contributed by atoms with Crippen molar-refractivity contribution in [3.8, 4) is 0 Å². The third-order valence-electron chi connectivity index (χ3n) is 6.02. The Bertz CT molecular complexity index is 1090. The van der Waals surface area contributed by atoms with Crippen molar-refractivity contribution in [2.45, 2.75) is 24.6 Å². The van der Waals surface area contributed by atoms with Crippen LogP contribution in [0.25, 0.3) is 0 Å². The molecule has 4 rings (SSSR count). The Balaban J connectivity index is 1.48. The van der Waals surface area contributed by atoms with E-state index >= 15 is 0 Å². The summed E-state index contributed by atoms with van der Waals surface area (Å²) in [6, 6.07) is 23.8. The van der Waals surface area contributed by atoms with Gasteiger partial charge in [-0.3, -0.25) is 9.59 Å². The Hall–Kier alpha value is -3.61. The fraction of sp³-hybridized carbons (Fsp3) is 0.231. The van der Waals surface area contributed by atoms with E-state index in [1.807, 2.05) is 60.7 Å². The summed E-state index contributed by atoms with van der Waals surface area (Å²) in [6.45, 7) is 0.201. The van der Waals surface area contributed by atoms with E-state index in [9.17, 15) is 22.8 Å². The molecule has 1 heterocycles. The molecule has 0 radical (unpaired) electrons. The second-order valence-corrected chi connectivity index (χ2v) is 8.09. The van der Waals surface area contributed by atoms with Crippen LogP contribution in [0.4, 0.5) is 13.2 Å². The van der Waals surface area contributed by atoms with E-state index in [0.29, 0.717) is 18.5 Å². The lowest BCUT2D eigenvalue weighted by molar-refractivity contribution is -0.137. The highest BCUT2D eigenvalue weighted by Gasteiger charge is 2.49. The molecule has 1 aliphatic heterocycles. The van der Waals surface area contributed by atoms with Crippen LogP contribution >= 0.6 is 0 Å². The van der Waals surface area contributed by atoms with Crippen LogP contribution in [-0.2, 0) is 27.7 Å². The summed E-state index contributed by atoms with van der Waals surface area (Å²) >= 11 is 0. The number of carbonyl (C=O) groups excluding carboxylic acids is 2. The molecule has 7 heteroatoms. The lowest BCUT2D eigenvalue weighted by Gasteiger charge is -2.29. The molecule has 0 spiro atoms. The van der Waals surface area contributed by atoms with Crippen molar-refractivity contribution in [3.05, 3.63) is 107 Å².